The number of benzene rings is 2. The average Bonchev–Trinajstić information content (AvgIpc) is 2.94. The summed E-state index contributed by atoms with van der Waals surface area (Å²) in [6.07, 6.45) is -12.2. The summed E-state index contributed by atoms with van der Waals surface area (Å²) >= 11 is 0. The van der Waals surface area contributed by atoms with E-state index in [-0.39, 0.29) is 34.1 Å². The third kappa shape index (κ3) is 8.59. The molecule has 0 aliphatic heterocycles. The van der Waals surface area contributed by atoms with E-state index in [1.54, 1.807) is 0 Å². The number of rotatable bonds is 10. The van der Waals surface area contributed by atoms with Gasteiger partial charge in [-0.05, 0) is 73.9 Å². The molecule has 0 aliphatic rings. The zero-order chi connectivity index (χ0) is 35.6. The molecule has 10 nitrogen and oxygen atoms in total. The van der Waals surface area contributed by atoms with Crippen LogP contribution in [0.1, 0.15) is 54.3 Å². The van der Waals surface area contributed by atoms with Crippen LogP contribution >= 0.6 is 0 Å². The van der Waals surface area contributed by atoms with Gasteiger partial charge in [0.05, 0.1) is 34.1 Å². The summed E-state index contributed by atoms with van der Waals surface area (Å²) in [6, 6.07) is 5.37. The van der Waals surface area contributed by atoms with Crippen LogP contribution in [-0.2, 0) is 36.9 Å². The van der Waals surface area contributed by atoms with Gasteiger partial charge in [-0.15, -0.1) is 0 Å². The van der Waals surface area contributed by atoms with Gasteiger partial charge in [0.25, 0.3) is 0 Å². The molecule has 0 radical (unpaired) electrons. The number of halogens is 7. The SMILES string of the molecule is Cc1cc(F)ccc1-c1cc(C(C[N+](=O)[O-])OC(=O)CC(=O)O)ncc1N(C)C(=O)C(C)(C)c1cc(C(F)(F)F)cc(C(F)(F)F)c1. The van der Waals surface area contributed by atoms with Gasteiger partial charge in [-0.3, -0.25) is 29.5 Å². The van der Waals surface area contributed by atoms with Crippen molar-refractivity contribution in [3.63, 3.8) is 0 Å². The monoisotopic (exact) mass is 673 g/mol. The number of esters is 1. The van der Waals surface area contributed by atoms with E-state index in [4.69, 9.17) is 9.84 Å². The average molecular weight is 674 g/mol. The number of pyridine rings is 1. The first-order valence-electron chi connectivity index (χ1n) is 13.4. The van der Waals surface area contributed by atoms with Crippen molar-refractivity contribution in [3.8, 4) is 11.1 Å². The number of amides is 1. The maximum atomic E-state index is 14.0. The molecule has 0 saturated carbocycles. The second kappa shape index (κ2) is 13.3. The largest absolute Gasteiger partial charge is 0.481 e. The van der Waals surface area contributed by atoms with Gasteiger partial charge in [0.2, 0.25) is 18.6 Å². The Labute approximate surface area is 261 Å². The third-order valence-electron chi connectivity index (χ3n) is 7.11. The van der Waals surface area contributed by atoms with Crippen LogP contribution in [0.25, 0.3) is 11.1 Å². The molecule has 1 unspecified atom stereocenters. The number of alkyl halides is 6. The highest BCUT2D eigenvalue weighted by Gasteiger charge is 2.41. The number of aryl methyl sites for hydroxylation is 1. The van der Waals surface area contributed by atoms with Crippen molar-refractivity contribution >= 4 is 23.5 Å². The smallest absolute Gasteiger partial charge is 0.416 e. The molecule has 2 aromatic carbocycles. The Morgan fingerprint density at radius 2 is 1.51 bits per heavy atom. The number of anilines is 1. The molecule has 0 fully saturated rings. The molecule has 0 saturated heterocycles. The lowest BCUT2D eigenvalue weighted by Gasteiger charge is -2.32. The quantitative estimate of drug-likeness (QED) is 0.0845. The summed E-state index contributed by atoms with van der Waals surface area (Å²) in [5.74, 6) is -4.57. The Hall–Kier alpha value is -5.09. The van der Waals surface area contributed by atoms with Crippen molar-refractivity contribution in [2.24, 2.45) is 0 Å². The number of hydrogen-bond acceptors (Lipinski definition) is 7. The number of likely N-dealkylation sites (N-methyl/N-ethyl adjacent to an activating group) is 1. The molecule has 1 heterocycles. The number of carboxylic acids is 1. The van der Waals surface area contributed by atoms with E-state index in [0.717, 1.165) is 50.2 Å². The number of carboxylic acid groups (broad SMARTS) is 1. The topological polar surface area (TPSA) is 140 Å². The predicted octanol–water partition coefficient (Wildman–Crippen LogP) is 6.51. The number of aromatic nitrogens is 1. The fourth-order valence-electron chi connectivity index (χ4n) is 4.67. The van der Waals surface area contributed by atoms with Crippen LogP contribution in [0.4, 0.5) is 36.4 Å². The van der Waals surface area contributed by atoms with Crippen molar-refractivity contribution in [1.82, 2.24) is 4.98 Å². The zero-order valence-corrected chi connectivity index (χ0v) is 25.0. The summed E-state index contributed by atoms with van der Waals surface area (Å²) < 4.78 is 100. The number of carbonyl (C=O) groups is 3. The fraction of sp³-hybridized carbons (Fsp3) is 0.333. The summed E-state index contributed by atoms with van der Waals surface area (Å²) in [5, 5.41) is 20.2. The van der Waals surface area contributed by atoms with Crippen LogP contribution in [0.15, 0.2) is 48.7 Å². The van der Waals surface area contributed by atoms with Crippen molar-refractivity contribution < 1.29 is 59.9 Å². The third-order valence-corrected chi connectivity index (χ3v) is 7.11. The van der Waals surface area contributed by atoms with E-state index < -0.39 is 82.1 Å². The molecule has 3 rings (SSSR count). The number of carbonyl (C=O) groups excluding carboxylic acids is 2. The molecule has 0 aliphatic carbocycles. The second-order valence-corrected chi connectivity index (χ2v) is 10.9. The molecule has 1 amide bonds. The standard InChI is InChI=1S/C30H26F7N3O7/c1-15-7-19(31)5-6-20(15)21-11-22(24(14-40(45)46)47-26(43)12-25(41)42)38-13-23(21)39(4)27(44)28(2,3)16-8-17(29(32,33)34)10-18(9-16)30(35,36)37/h5-11,13,24H,12,14H2,1-4H3,(H,41,42). The fourth-order valence-corrected chi connectivity index (χ4v) is 4.67. The van der Waals surface area contributed by atoms with Crippen molar-refractivity contribution in [2.75, 3.05) is 18.5 Å². The van der Waals surface area contributed by atoms with Crippen molar-refractivity contribution in [3.05, 3.63) is 92.5 Å². The Balaban J connectivity index is 2.21. The first-order valence-corrected chi connectivity index (χ1v) is 13.4. The number of aliphatic carboxylic acids is 1. The summed E-state index contributed by atoms with van der Waals surface area (Å²) in [4.78, 5) is 52.3. The highest BCUT2D eigenvalue weighted by Crippen LogP contribution is 2.41. The second-order valence-electron chi connectivity index (χ2n) is 10.9. The van der Waals surface area contributed by atoms with Crippen LogP contribution in [-0.4, -0.2) is 46.5 Å². The Morgan fingerprint density at radius 1 is 0.957 bits per heavy atom. The molecule has 1 atom stereocenters. The molecule has 0 spiro atoms. The van der Waals surface area contributed by atoms with E-state index in [1.807, 2.05) is 0 Å². The van der Waals surface area contributed by atoms with Gasteiger partial charge >= 0.3 is 24.3 Å². The molecule has 1 aromatic heterocycles. The van der Waals surface area contributed by atoms with Gasteiger partial charge < -0.3 is 14.7 Å². The number of nitrogens with zero attached hydrogens (tertiary/aromatic N) is 3. The molecule has 252 valence electrons. The lowest BCUT2D eigenvalue weighted by molar-refractivity contribution is -0.491. The van der Waals surface area contributed by atoms with Crippen molar-refractivity contribution in [2.45, 2.75) is 51.1 Å². The summed E-state index contributed by atoms with van der Waals surface area (Å²) in [5.41, 5.74) is -5.77. The van der Waals surface area contributed by atoms with Gasteiger partial charge in [-0.25, -0.2) is 4.39 Å². The van der Waals surface area contributed by atoms with E-state index >= 15 is 0 Å². The van der Waals surface area contributed by atoms with Crippen LogP contribution < -0.4 is 4.90 Å². The normalized spacial score (nSPS) is 12.7. The molecule has 1 N–H and O–H groups in total. The van der Waals surface area contributed by atoms with Gasteiger partial charge in [0.15, 0.2) is 0 Å². The Bertz CT molecular complexity index is 1690. The van der Waals surface area contributed by atoms with Crippen LogP contribution in [0.2, 0.25) is 0 Å². The van der Waals surface area contributed by atoms with E-state index in [1.165, 1.54) is 13.0 Å². The molecule has 17 heteroatoms. The Kier molecular flexibility index (Phi) is 10.3. The predicted molar refractivity (Wildman–Crippen MR) is 150 cm³/mol. The van der Waals surface area contributed by atoms with Gasteiger partial charge in [0, 0.05) is 17.5 Å². The summed E-state index contributed by atoms with van der Waals surface area (Å²) in [6.45, 7) is 2.64. The van der Waals surface area contributed by atoms with Gasteiger partial charge in [0.1, 0.15) is 12.2 Å². The maximum absolute atomic E-state index is 14.0. The Morgan fingerprint density at radius 3 is 2.00 bits per heavy atom. The summed E-state index contributed by atoms with van der Waals surface area (Å²) in [7, 11) is 1.16. The molecule has 0 bridgehead atoms. The first-order chi connectivity index (χ1) is 21.5. The maximum Gasteiger partial charge on any atom is 0.416 e. The first kappa shape index (κ1) is 36.4. The van der Waals surface area contributed by atoms with Crippen LogP contribution in [0, 0.1) is 22.9 Å². The highest BCUT2D eigenvalue weighted by atomic mass is 19.4. The van der Waals surface area contributed by atoms with Crippen molar-refractivity contribution in [1.29, 1.82) is 0 Å². The van der Waals surface area contributed by atoms with Crippen LogP contribution in [0.5, 0.6) is 0 Å². The molecular formula is C30H26F7N3O7. The zero-order valence-electron chi connectivity index (χ0n) is 25.0. The molecule has 47 heavy (non-hydrogen) atoms. The number of hydrogen-bond donors (Lipinski definition) is 1. The van der Waals surface area contributed by atoms with Gasteiger partial charge in [-0.1, -0.05) is 6.07 Å². The van der Waals surface area contributed by atoms with Gasteiger partial charge in [-0.2, -0.15) is 26.3 Å². The highest BCUT2D eigenvalue weighted by molar-refractivity contribution is 6.03. The minimum atomic E-state index is -5.18. The van der Waals surface area contributed by atoms with E-state index in [0.29, 0.717) is 12.1 Å². The van der Waals surface area contributed by atoms with E-state index in [2.05, 4.69) is 4.98 Å². The lowest BCUT2D eigenvalue weighted by Crippen LogP contribution is -2.42. The molecular weight excluding hydrogens is 647 g/mol. The number of ether oxygens (including phenoxy) is 1. The number of nitro groups is 1. The lowest BCUT2D eigenvalue weighted by atomic mass is 9.81. The van der Waals surface area contributed by atoms with Crippen LogP contribution in [0.3, 0.4) is 0 Å². The molecule has 3 aromatic rings. The van der Waals surface area contributed by atoms with E-state index in [9.17, 15) is 55.2 Å². The minimum Gasteiger partial charge on any atom is -0.481 e. The minimum absolute atomic E-state index is 0.0294.